The van der Waals surface area contributed by atoms with E-state index in [9.17, 15) is 8.42 Å². The maximum absolute atomic E-state index is 12.9. The minimum absolute atomic E-state index is 0.0143. The third kappa shape index (κ3) is 2.80. The van der Waals surface area contributed by atoms with Crippen LogP contribution in [0.3, 0.4) is 0 Å². The summed E-state index contributed by atoms with van der Waals surface area (Å²) in [5.41, 5.74) is 0. The Morgan fingerprint density at radius 1 is 1.19 bits per heavy atom. The van der Waals surface area contributed by atoms with Crippen molar-refractivity contribution in [2.75, 3.05) is 20.3 Å². The highest BCUT2D eigenvalue weighted by Crippen LogP contribution is 2.32. The van der Waals surface area contributed by atoms with Crippen molar-refractivity contribution in [3.63, 3.8) is 0 Å². The van der Waals surface area contributed by atoms with Gasteiger partial charge in [0.25, 0.3) is 0 Å². The second kappa shape index (κ2) is 5.94. The predicted octanol–water partition coefficient (Wildman–Crippen LogP) is 2.03. The number of benzene rings is 1. The zero-order valence-electron chi connectivity index (χ0n) is 12.2. The molecule has 0 radical (unpaired) electrons. The van der Waals surface area contributed by atoms with E-state index < -0.39 is 10.0 Å². The molecule has 116 valence electrons. The molecular weight excluding hydrogens is 290 g/mol. The summed E-state index contributed by atoms with van der Waals surface area (Å²) in [4.78, 5) is 0.328. The number of ether oxygens (including phenoxy) is 2. The number of hydrogen-bond acceptors (Lipinski definition) is 4. The summed E-state index contributed by atoms with van der Waals surface area (Å²) in [6, 6.07) is 6.58. The van der Waals surface area contributed by atoms with E-state index in [1.165, 1.54) is 0 Å². The van der Waals surface area contributed by atoms with Crippen LogP contribution in [0.1, 0.15) is 25.7 Å². The van der Waals surface area contributed by atoms with Crippen LogP contribution in [-0.2, 0) is 14.8 Å². The van der Waals surface area contributed by atoms with Crippen LogP contribution in [0.2, 0.25) is 0 Å². The molecule has 0 spiro atoms. The number of hydrogen-bond donors (Lipinski definition) is 0. The van der Waals surface area contributed by atoms with Crippen molar-refractivity contribution in [1.29, 1.82) is 0 Å². The van der Waals surface area contributed by atoms with Crippen LogP contribution >= 0.6 is 0 Å². The van der Waals surface area contributed by atoms with Gasteiger partial charge >= 0.3 is 0 Å². The molecule has 0 amide bonds. The van der Waals surface area contributed by atoms with Crippen LogP contribution in [0, 0.1) is 0 Å². The van der Waals surface area contributed by atoms with Gasteiger partial charge in [-0.15, -0.1) is 0 Å². The van der Waals surface area contributed by atoms with Crippen molar-refractivity contribution in [2.24, 2.45) is 0 Å². The smallest absolute Gasteiger partial charge is 0.243 e. The molecule has 1 aromatic rings. The monoisotopic (exact) mass is 311 g/mol. The lowest BCUT2D eigenvalue weighted by Crippen LogP contribution is -2.54. The minimum atomic E-state index is -3.46. The number of morpholine rings is 1. The first kappa shape index (κ1) is 14.8. The Kier molecular flexibility index (Phi) is 4.19. The van der Waals surface area contributed by atoms with Gasteiger partial charge in [0.2, 0.25) is 10.0 Å². The summed E-state index contributed by atoms with van der Waals surface area (Å²) in [7, 11) is -1.89. The zero-order valence-corrected chi connectivity index (χ0v) is 13.0. The van der Waals surface area contributed by atoms with Crippen molar-refractivity contribution in [3.05, 3.63) is 24.3 Å². The number of sulfonamides is 1. The maximum Gasteiger partial charge on any atom is 0.243 e. The van der Waals surface area contributed by atoms with E-state index in [0.29, 0.717) is 23.8 Å². The van der Waals surface area contributed by atoms with Gasteiger partial charge in [-0.3, -0.25) is 0 Å². The molecule has 0 bridgehead atoms. The van der Waals surface area contributed by atoms with Gasteiger partial charge in [-0.25, -0.2) is 8.42 Å². The lowest BCUT2D eigenvalue weighted by Gasteiger charge is -2.42. The summed E-state index contributed by atoms with van der Waals surface area (Å²) in [6.45, 7) is 0.923. The number of fused-ring (bicyclic) bond motifs is 1. The molecule has 0 N–H and O–H groups in total. The summed E-state index contributed by atoms with van der Waals surface area (Å²) >= 11 is 0. The van der Waals surface area contributed by atoms with Gasteiger partial charge in [0, 0.05) is 6.54 Å². The van der Waals surface area contributed by atoms with Gasteiger partial charge in [-0.1, -0.05) is 12.8 Å². The maximum atomic E-state index is 12.9. The second-order valence-corrected chi connectivity index (χ2v) is 7.44. The molecule has 1 saturated carbocycles. The fourth-order valence-electron chi connectivity index (χ4n) is 3.24. The van der Waals surface area contributed by atoms with Crippen molar-refractivity contribution in [3.8, 4) is 5.75 Å². The predicted molar refractivity (Wildman–Crippen MR) is 78.9 cm³/mol. The van der Waals surface area contributed by atoms with Crippen molar-refractivity contribution in [2.45, 2.75) is 42.7 Å². The van der Waals surface area contributed by atoms with E-state index in [4.69, 9.17) is 9.47 Å². The van der Waals surface area contributed by atoms with Gasteiger partial charge < -0.3 is 9.47 Å². The van der Waals surface area contributed by atoms with Gasteiger partial charge in [-0.2, -0.15) is 4.31 Å². The van der Waals surface area contributed by atoms with E-state index in [1.54, 1.807) is 35.7 Å². The Hall–Kier alpha value is -1.11. The highest BCUT2D eigenvalue weighted by Gasteiger charge is 2.40. The lowest BCUT2D eigenvalue weighted by molar-refractivity contribution is -0.0586. The molecule has 0 aromatic heterocycles. The Labute approximate surface area is 125 Å². The van der Waals surface area contributed by atoms with Crippen LogP contribution in [-0.4, -0.2) is 45.1 Å². The molecule has 2 fully saturated rings. The zero-order chi connectivity index (χ0) is 14.9. The molecule has 1 heterocycles. The highest BCUT2D eigenvalue weighted by molar-refractivity contribution is 7.89. The Balaban J connectivity index is 1.88. The Morgan fingerprint density at radius 3 is 2.62 bits per heavy atom. The van der Waals surface area contributed by atoms with E-state index in [1.807, 2.05) is 0 Å². The van der Waals surface area contributed by atoms with E-state index in [-0.39, 0.29) is 12.1 Å². The fraction of sp³-hybridized carbons (Fsp3) is 0.600. The van der Waals surface area contributed by atoms with E-state index in [0.717, 1.165) is 25.7 Å². The summed E-state index contributed by atoms with van der Waals surface area (Å²) < 4.78 is 38.2. The normalized spacial score (nSPS) is 27.1. The average molecular weight is 311 g/mol. The van der Waals surface area contributed by atoms with E-state index in [2.05, 4.69) is 0 Å². The molecule has 1 aromatic carbocycles. The average Bonchev–Trinajstić information content (AvgIpc) is 2.54. The largest absolute Gasteiger partial charge is 0.497 e. The molecule has 3 rings (SSSR count). The molecule has 6 heteroatoms. The Bertz CT molecular complexity index is 582. The van der Waals surface area contributed by atoms with Gasteiger partial charge in [0.05, 0.1) is 30.8 Å². The van der Waals surface area contributed by atoms with Crippen molar-refractivity contribution in [1.82, 2.24) is 4.31 Å². The summed E-state index contributed by atoms with van der Waals surface area (Å²) in [5, 5.41) is 0. The van der Waals surface area contributed by atoms with Gasteiger partial charge in [-0.05, 0) is 37.1 Å². The lowest BCUT2D eigenvalue weighted by atomic mass is 9.91. The first-order valence-corrected chi connectivity index (χ1v) is 8.84. The first-order chi connectivity index (χ1) is 10.1. The molecule has 1 aliphatic carbocycles. The molecule has 1 aliphatic heterocycles. The SMILES string of the molecule is COc1ccc(S(=O)(=O)N2CCO[C@H]3CCCC[C@H]32)cc1. The summed E-state index contributed by atoms with van der Waals surface area (Å²) in [6.07, 6.45) is 4.09. The standard InChI is InChI=1S/C15H21NO4S/c1-19-12-6-8-13(9-7-12)21(17,18)16-10-11-20-15-5-3-2-4-14(15)16/h6-9,14-15H,2-5,10-11H2,1H3/t14-,15+/m1/s1. The molecular formula is C15H21NO4S. The molecule has 2 atom stereocenters. The number of rotatable bonds is 3. The topological polar surface area (TPSA) is 55.8 Å². The van der Waals surface area contributed by atoms with Crippen LogP contribution in [0.15, 0.2) is 29.2 Å². The third-order valence-electron chi connectivity index (χ3n) is 4.35. The first-order valence-electron chi connectivity index (χ1n) is 7.40. The highest BCUT2D eigenvalue weighted by atomic mass is 32.2. The van der Waals surface area contributed by atoms with Crippen LogP contribution < -0.4 is 4.74 Å². The molecule has 21 heavy (non-hydrogen) atoms. The number of nitrogens with zero attached hydrogens (tertiary/aromatic N) is 1. The second-order valence-electron chi connectivity index (χ2n) is 5.55. The van der Waals surface area contributed by atoms with Gasteiger partial charge in [0.1, 0.15) is 5.75 Å². The van der Waals surface area contributed by atoms with Crippen LogP contribution in [0.5, 0.6) is 5.75 Å². The van der Waals surface area contributed by atoms with Gasteiger partial charge in [0.15, 0.2) is 0 Å². The van der Waals surface area contributed by atoms with Crippen LogP contribution in [0.4, 0.5) is 0 Å². The van der Waals surface area contributed by atoms with E-state index >= 15 is 0 Å². The minimum Gasteiger partial charge on any atom is -0.497 e. The molecule has 2 aliphatic rings. The third-order valence-corrected chi connectivity index (χ3v) is 6.29. The quantitative estimate of drug-likeness (QED) is 0.857. The Morgan fingerprint density at radius 2 is 1.90 bits per heavy atom. The summed E-state index contributed by atoms with van der Waals surface area (Å²) in [5.74, 6) is 0.659. The molecule has 5 nitrogen and oxygen atoms in total. The molecule has 1 saturated heterocycles. The fourth-order valence-corrected chi connectivity index (χ4v) is 4.91. The van der Waals surface area contributed by atoms with Crippen LogP contribution in [0.25, 0.3) is 0 Å². The van der Waals surface area contributed by atoms with Crippen molar-refractivity contribution < 1.29 is 17.9 Å². The molecule has 0 unspecified atom stereocenters. The number of methoxy groups -OCH3 is 1. The van der Waals surface area contributed by atoms with Crippen molar-refractivity contribution >= 4 is 10.0 Å².